The molecule has 4 heteroatoms. The predicted octanol–water partition coefficient (Wildman–Crippen LogP) is 1.17. The molecule has 4 nitrogen and oxygen atoms in total. The fourth-order valence-corrected chi connectivity index (χ4v) is 0.639. The van der Waals surface area contributed by atoms with E-state index in [1.54, 1.807) is 0 Å². The summed E-state index contributed by atoms with van der Waals surface area (Å²) < 4.78 is 5.00. The standard InChI is InChI=1S/C7H13NO3/c1-7(2,3)11-6(9)8-4-5-10-8/h4-5H2,1-3H3. The first-order chi connectivity index (χ1) is 4.99. The molecule has 0 aromatic heterocycles. The van der Waals surface area contributed by atoms with Crippen molar-refractivity contribution >= 4 is 6.09 Å². The van der Waals surface area contributed by atoms with Crippen LogP contribution in [0.2, 0.25) is 0 Å². The molecule has 0 spiro atoms. The smallest absolute Gasteiger partial charge is 0.434 e. The van der Waals surface area contributed by atoms with Crippen LogP contribution in [-0.2, 0) is 9.57 Å². The summed E-state index contributed by atoms with van der Waals surface area (Å²) in [4.78, 5) is 15.8. The first-order valence-electron chi connectivity index (χ1n) is 3.62. The highest BCUT2D eigenvalue weighted by atomic mass is 16.8. The molecule has 64 valence electrons. The van der Waals surface area contributed by atoms with Gasteiger partial charge in [-0.15, -0.1) is 0 Å². The molecule has 0 unspecified atom stereocenters. The molecule has 0 radical (unpaired) electrons. The Bertz CT molecular complexity index is 158. The van der Waals surface area contributed by atoms with Gasteiger partial charge in [-0.1, -0.05) is 0 Å². The Balaban J connectivity index is 2.31. The summed E-state index contributed by atoms with van der Waals surface area (Å²) >= 11 is 0. The van der Waals surface area contributed by atoms with Gasteiger partial charge < -0.3 is 4.74 Å². The van der Waals surface area contributed by atoms with Gasteiger partial charge in [0.05, 0.1) is 13.2 Å². The molecule has 1 fully saturated rings. The summed E-state index contributed by atoms with van der Waals surface area (Å²) in [5, 5.41) is 1.21. The molecule has 1 amide bonds. The van der Waals surface area contributed by atoms with Gasteiger partial charge in [-0.05, 0) is 20.8 Å². The number of carbonyl (C=O) groups is 1. The Hall–Kier alpha value is -0.770. The van der Waals surface area contributed by atoms with E-state index in [0.717, 1.165) is 0 Å². The lowest BCUT2D eigenvalue weighted by Crippen LogP contribution is -2.46. The van der Waals surface area contributed by atoms with E-state index in [4.69, 9.17) is 9.57 Å². The molecule has 0 bridgehead atoms. The van der Waals surface area contributed by atoms with Gasteiger partial charge in [-0.3, -0.25) is 4.84 Å². The van der Waals surface area contributed by atoms with Gasteiger partial charge in [-0.2, -0.15) is 5.06 Å². The fourth-order valence-electron chi connectivity index (χ4n) is 0.639. The van der Waals surface area contributed by atoms with E-state index in [9.17, 15) is 4.79 Å². The number of hydrogen-bond acceptors (Lipinski definition) is 3. The molecular formula is C7H13NO3. The number of rotatable bonds is 0. The fraction of sp³-hybridized carbons (Fsp3) is 0.857. The van der Waals surface area contributed by atoms with Crippen LogP contribution in [0, 0.1) is 0 Å². The number of amides is 1. The molecule has 1 rings (SSSR count). The second-order valence-electron chi connectivity index (χ2n) is 3.42. The first-order valence-corrected chi connectivity index (χ1v) is 3.62. The highest BCUT2D eigenvalue weighted by Crippen LogP contribution is 2.12. The molecule has 0 aliphatic carbocycles. The third kappa shape index (κ3) is 2.38. The van der Waals surface area contributed by atoms with Gasteiger partial charge in [0.25, 0.3) is 0 Å². The minimum atomic E-state index is -0.434. The van der Waals surface area contributed by atoms with Crippen LogP contribution in [0.5, 0.6) is 0 Å². The van der Waals surface area contributed by atoms with Gasteiger partial charge in [0.1, 0.15) is 5.60 Å². The van der Waals surface area contributed by atoms with Crippen LogP contribution in [-0.4, -0.2) is 29.9 Å². The molecule has 1 saturated heterocycles. The number of nitrogens with zero attached hydrogens (tertiary/aromatic N) is 1. The molecule has 0 N–H and O–H groups in total. The van der Waals surface area contributed by atoms with Crippen molar-refractivity contribution in [3.05, 3.63) is 0 Å². The van der Waals surface area contributed by atoms with Crippen LogP contribution in [0.1, 0.15) is 20.8 Å². The summed E-state index contributed by atoms with van der Waals surface area (Å²) in [7, 11) is 0. The molecule has 0 aromatic carbocycles. The van der Waals surface area contributed by atoms with Crippen molar-refractivity contribution in [1.82, 2.24) is 5.06 Å². The second-order valence-corrected chi connectivity index (χ2v) is 3.42. The van der Waals surface area contributed by atoms with Crippen molar-refractivity contribution in [2.45, 2.75) is 26.4 Å². The number of ether oxygens (including phenoxy) is 1. The van der Waals surface area contributed by atoms with E-state index in [0.29, 0.717) is 13.2 Å². The van der Waals surface area contributed by atoms with E-state index < -0.39 is 11.7 Å². The largest absolute Gasteiger partial charge is 0.442 e. The van der Waals surface area contributed by atoms with Gasteiger partial charge >= 0.3 is 6.09 Å². The Morgan fingerprint density at radius 1 is 1.55 bits per heavy atom. The molecule has 0 saturated carbocycles. The van der Waals surface area contributed by atoms with Crippen molar-refractivity contribution in [2.24, 2.45) is 0 Å². The zero-order valence-corrected chi connectivity index (χ0v) is 7.09. The molecule has 0 aromatic rings. The monoisotopic (exact) mass is 159 g/mol. The molecular weight excluding hydrogens is 146 g/mol. The van der Waals surface area contributed by atoms with E-state index in [2.05, 4.69) is 0 Å². The van der Waals surface area contributed by atoms with Crippen molar-refractivity contribution in [3.8, 4) is 0 Å². The normalized spacial score (nSPS) is 17.5. The summed E-state index contributed by atoms with van der Waals surface area (Å²) in [6.45, 7) is 6.72. The number of carbonyl (C=O) groups excluding carboxylic acids is 1. The summed E-state index contributed by atoms with van der Waals surface area (Å²) in [6.07, 6.45) is -0.399. The third-order valence-electron chi connectivity index (χ3n) is 1.14. The molecule has 1 aliphatic rings. The van der Waals surface area contributed by atoms with E-state index in [1.807, 2.05) is 20.8 Å². The van der Waals surface area contributed by atoms with Crippen molar-refractivity contribution in [2.75, 3.05) is 13.2 Å². The van der Waals surface area contributed by atoms with Crippen LogP contribution < -0.4 is 0 Å². The van der Waals surface area contributed by atoms with Crippen LogP contribution in [0.4, 0.5) is 4.79 Å². The van der Waals surface area contributed by atoms with Gasteiger partial charge in [-0.25, -0.2) is 4.79 Å². The average molecular weight is 159 g/mol. The Kier molecular flexibility index (Phi) is 2.04. The summed E-state index contributed by atoms with van der Waals surface area (Å²) in [5.74, 6) is 0. The van der Waals surface area contributed by atoms with Crippen molar-refractivity contribution < 1.29 is 14.4 Å². The van der Waals surface area contributed by atoms with Crippen LogP contribution >= 0.6 is 0 Å². The van der Waals surface area contributed by atoms with Gasteiger partial charge in [0, 0.05) is 0 Å². The maximum atomic E-state index is 11.0. The topological polar surface area (TPSA) is 38.8 Å². The zero-order chi connectivity index (χ0) is 8.48. The number of hydroxylamine groups is 2. The Labute approximate surface area is 66.0 Å². The Morgan fingerprint density at radius 2 is 2.09 bits per heavy atom. The minimum Gasteiger partial charge on any atom is -0.442 e. The van der Waals surface area contributed by atoms with Crippen molar-refractivity contribution in [1.29, 1.82) is 0 Å². The second kappa shape index (κ2) is 2.70. The summed E-state index contributed by atoms with van der Waals surface area (Å²) in [5.41, 5.74) is -0.434. The Morgan fingerprint density at radius 3 is 2.36 bits per heavy atom. The lowest BCUT2D eigenvalue weighted by Gasteiger charge is -2.31. The first kappa shape index (κ1) is 8.33. The van der Waals surface area contributed by atoms with Gasteiger partial charge in [0.2, 0.25) is 0 Å². The maximum Gasteiger partial charge on any atom is 0.434 e. The zero-order valence-electron chi connectivity index (χ0n) is 7.09. The van der Waals surface area contributed by atoms with Crippen molar-refractivity contribution in [3.63, 3.8) is 0 Å². The SMILES string of the molecule is CC(C)(C)OC(=O)N1CCO1. The third-order valence-corrected chi connectivity index (χ3v) is 1.14. The van der Waals surface area contributed by atoms with Crippen LogP contribution in [0.3, 0.4) is 0 Å². The van der Waals surface area contributed by atoms with Gasteiger partial charge in [0.15, 0.2) is 0 Å². The van der Waals surface area contributed by atoms with Crippen LogP contribution in [0.15, 0.2) is 0 Å². The average Bonchev–Trinajstić information content (AvgIpc) is 1.50. The quantitative estimate of drug-likeness (QED) is 0.532. The van der Waals surface area contributed by atoms with E-state index in [-0.39, 0.29) is 0 Å². The molecule has 11 heavy (non-hydrogen) atoms. The predicted molar refractivity (Wildman–Crippen MR) is 38.9 cm³/mol. The minimum absolute atomic E-state index is 0.399. The summed E-state index contributed by atoms with van der Waals surface area (Å²) in [6, 6.07) is 0. The van der Waals surface area contributed by atoms with Crippen LogP contribution in [0.25, 0.3) is 0 Å². The molecule has 1 aliphatic heterocycles. The lowest BCUT2D eigenvalue weighted by atomic mass is 10.2. The number of hydrogen-bond donors (Lipinski definition) is 0. The lowest BCUT2D eigenvalue weighted by molar-refractivity contribution is -0.224. The highest BCUT2D eigenvalue weighted by Gasteiger charge is 2.27. The molecule has 0 atom stereocenters. The highest BCUT2D eigenvalue weighted by molar-refractivity contribution is 5.67. The van der Waals surface area contributed by atoms with E-state index in [1.165, 1.54) is 5.06 Å². The molecule has 1 heterocycles. The van der Waals surface area contributed by atoms with E-state index >= 15 is 0 Å². The maximum absolute atomic E-state index is 11.0.